The Labute approximate surface area is 122 Å². The average Bonchev–Trinajstić information content (AvgIpc) is 2.36. The third kappa shape index (κ3) is 3.93. The lowest BCUT2D eigenvalue weighted by Crippen LogP contribution is -2.11. The zero-order valence-corrected chi connectivity index (χ0v) is 10.9. The normalized spacial score (nSPS) is 12.3. The van der Waals surface area contributed by atoms with E-state index in [4.69, 9.17) is 4.74 Å². The van der Waals surface area contributed by atoms with Gasteiger partial charge in [0.05, 0.1) is 11.1 Å². The first kappa shape index (κ1) is 16.2. The topological polar surface area (TPSA) is 9.23 Å². The third-order valence-electron chi connectivity index (χ3n) is 2.70. The molecule has 0 saturated carbocycles. The molecule has 22 heavy (non-hydrogen) atoms. The standard InChI is InChI=1S/C15H9F6O/c1-9-3-2-4-12(5-9)22-13-7-10(14(16,17)18)6-11(8-13)15(19,20)21/h2-8H,1H2. The van der Waals surface area contributed by atoms with E-state index in [0.717, 1.165) is 0 Å². The van der Waals surface area contributed by atoms with E-state index in [0.29, 0.717) is 17.7 Å². The fraction of sp³-hybridized carbons (Fsp3) is 0.133. The summed E-state index contributed by atoms with van der Waals surface area (Å²) in [6.45, 7) is 3.60. The molecule has 0 aliphatic rings. The van der Waals surface area contributed by atoms with Crippen molar-refractivity contribution in [2.75, 3.05) is 0 Å². The molecular formula is C15H9F6O. The molecule has 7 heteroatoms. The van der Waals surface area contributed by atoms with E-state index in [2.05, 4.69) is 6.92 Å². The van der Waals surface area contributed by atoms with Crippen molar-refractivity contribution < 1.29 is 31.1 Å². The lowest BCUT2D eigenvalue weighted by molar-refractivity contribution is -0.143. The molecule has 1 radical (unpaired) electrons. The van der Waals surface area contributed by atoms with Crippen LogP contribution in [0.2, 0.25) is 0 Å². The van der Waals surface area contributed by atoms with Crippen LogP contribution in [0.3, 0.4) is 0 Å². The molecule has 0 N–H and O–H groups in total. The number of halogens is 6. The van der Waals surface area contributed by atoms with Gasteiger partial charge >= 0.3 is 12.4 Å². The first-order valence-electron chi connectivity index (χ1n) is 5.95. The molecule has 0 aromatic heterocycles. The summed E-state index contributed by atoms with van der Waals surface area (Å²) >= 11 is 0. The fourth-order valence-corrected chi connectivity index (χ4v) is 1.73. The Balaban J connectivity index is 2.46. The van der Waals surface area contributed by atoms with Gasteiger partial charge in [0.1, 0.15) is 11.5 Å². The second kappa shape index (κ2) is 5.55. The number of hydrogen-bond acceptors (Lipinski definition) is 1. The number of hydrogen-bond donors (Lipinski definition) is 0. The molecule has 0 atom stereocenters. The van der Waals surface area contributed by atoms with Crippen LogP contribution in [0, 0.1) is 6.92 Å². The molecule has 0 bridgehead atoms. The Morgan fingerprint density at radius 1 is 0.727 bits per heavy atom. The third-order valence-corrected chi connectivity index (χ3v) is 2.70. The number of benzene rings is 2. The highest BCUT2D eigenvalue weighted by atomic mass is 19.4. The molecule has 0 heterocycles. The van der Waals surface area contributed by atoms with Crippen LogP contribution in [-0.4, -0.2) is 0 Å². The van der Waals surface area contributed by atoms with Crippen molar-refractivity contribution in [1.82, 2.24) is 0 Å². The van der Waals surface area contributed by atoms with Crippen molar-refractivity contribution in [3.05, 3.63) is 66.1 Å². The molecule has 2 rings (SSSR count). The first-order valence-corrected chi connectivity index (χ1v) is 5.95. The van der Waals surface area contributed by atoms with Gasteiger partial charge < -0.3 is 4.74 Å². The Morgan fingerprint density at radius 2 is 1.27 bits per heavy atom. The van der Waals surface area contributed by atoms with E-state index in [1.807, 2.05) is 0 Å². The number of alkyl halides is 6. The second-order valence-electron chi connectivity index (χ2n) is 4.49. The van der Waals surface area contributed by atoms with Gasteiger partial charge in [0, 0.05) is 0 Å². The minimum atomic E-state index is -4.91. The molecule has 1 nitrogen and oxygen atoms in total. The zero-order chi connectivity index (χ0) is 16.5. The quantitative estimate of drug-likeness (QED) is 0.645. The Hall–Kier alpha value is -2.18. The highest BCUT2D eigenvalue weighted by molar-refractivity contribution is 5.41. The minimum absolute atomic E-state index is 0.0463. The van der Waals surface area contributed by atoms with Crippen molar-refractivity contribution in [1.29, 1.82) is 0 Å². The van der Waals surface area contributed by atoms with E-state index in [9.17, 15) is 26.3 Å². The molecule has 0 unspecified atom stereocenters. The molecule has 0 aliphatic carbocycles. The van der Waals surface area contributed by atoms with Crippen LogP contribution >= 0.6 is 0 Å². The average molecular weight is 319 g/mol. The van der Waals surface area contributed by atoms with Gasteiger partial charge in [-0.25, -0.2) is 0 Å². The molecule has 0 aliphatic heterocycles. The maximum Gasteiger partial charge on any atom is 0.416 e. The Kier molecular flexibility index (Phi) is 4.08. The summed E-state index contributed by atoms with van der Waals surface area (Å²) in [5.41, 5.74) is -2.34. The zero-order valence-electron chi connectivity index (χ0n) is 10.9. The number of ether oxygens (including phenoxy) is 1. The van der Waals surface area contributed by atoms with Crippen molar-refractivity contribution in [3.63, 3.8) is 0 Å². The van der Waals surface area contributed by atoms with Crippen LogP contribution in [0.15, 0.2) is 42.5 Å². The van der Waals surface area contributed by atoms with Gasteiger partial charge in [-0.15, -0.1) is 0 Å². The predicted molar refractivity (Wildman–Crippen MR) is 67.4 cm³/mol. The van der Waals surface area contributed by atoms with Crippen molar-refractivity contribution in [3.8, 4) is 11.5 Å². The maximum atomic E-state index is 12.7. The highest BCUT2D eigenvalue weighted by Gasteiger charge is 2.37. The Morgan fingerprint density at radius 3 is 1.73 bits per heavy atom. The van der Waals surface area contributed by atoms with E-state index in [1.54, 1.807) is 6.07 Å². The van der Waals surface area contributed by atoms with Gasteiger partial charge in [0.25, 0.3) is 0 Å². The van der Waals surface area contributed by atoms with Crippen LogP contribution in [0.1, 0.15) is 16.7 Å². The summed E-state index contributed by atoms with van der Waals surface area (Å²) in [6.07, 6.45) is -9.82. The van der Waals surface area contributed by atoms with E-state index in [-0.39, 0.29) is 11.8 Å². The van der Waals surface area contributed by atoms with Gasteiger partial charge in [-0.3, -0.25) is 0 Å². The largest absolute Gasteiger partial charge is 0.457 e. The smallest absolute Gasteiger partial charge is 0.416 e. The number of rotatable bonds is 2. The maximum absolute atomic E-state index is 12.7. The van der Waals surface area contributed by atoms with Crippen LogP contribution < -0.4 is 4.74 Å². The Bertz CT molecular complexity index is 640. The molecule has 0 fully saturated rings. The predicted octanol–water partition coefficient (Wildman–Crippen LogP) is 5.70. The molecule has 2 aromatic rings. The molecule has 2 aromatic carbocycles. The fourth-order valence-electron chi connectivity index (χ4n) is 1.73. The summed E-state index contributed by atoms with van der Waals surface area (Å²) < 4.78 is 81.3. The van der Waals surface area contributed by atoms with Gasteiger partial charge in [0.2, 0.25) is 0 Å². The summed E-state index contributed by atoms with van der Waals surface area (Å²) in [7, 11) is 0. The van der Waals surface area contributed by atoms with Crippen molar-refractivity contribution in [2.45, 2.75) is 12.4 Å². The van der Waals surface area contributed by atoms with Gasteiger partial charge in [-0.1, -0.05) is 12.1 Å². The summed E-state index contributed by atoms with van der Waals surface area (Å²) in [5.74, 6) is -0.451. The lowest BCUT2D eigenvalue weighted by Gasteiger charge is -2.14. The summed E-state index contributed by atoms with van der Waals surface area (Å²) in [6, 6.07) is 7.02. The van der Waals surface area contributed by atoms with Gasteiger partial charge in [-0.05, 0) is 42.8 Å². The molecule has 117 valence electrons. The molecule has 0 spiro atoms. The van der Waals surface area contributed by atoms with E-state index < -0.39 is 29.2 Å². The summed E-state index contributed by atoms with van der Waals surface area (Å²) in [4.78, 5) is 0. The minimum Gasteiger partial charge on any atom is -0.457 e. The van der Waals surface area contributed by atoms with Crippen LogP contribution in [0.4, 0.5) is 26.3 Å². The molecular weight excluding hydrogens is 310 g/mol. The van der Waals surface area contributed by atoms with Crippen molar-refractivity contribution in [2.24, 2.45) is 0 Å². The monoisotopic (exact) mass is 319 g/mol. The van der Waals surface area contributed by atoms with Gasteiger partial charge in [-0.2, -0.15) is 26.3 Å². The molecule has 0 saturated heterocycles. The first-order chi connectivity index (χ1) is 10.1. The SMILES string of the molecule is [CH2]c1cccc(Oc2cc(C(F)(F)F)cc(C(F)(F)F)c2)c1. The van der Waals surface area contributed by atoms with Crippen LogP contribution in [-0.2, 0) is 12.4 Å². The van der Waals surface area contributed by atoms with Crippen LogP contribution in [0.25, 0.3) is 0 Å². The summed E-state index contributed by atoms with van der Waals surface area (Å²) in [5, 5.41) is 0. The van der Waals surface area contributed by atoms with Crippen molar-refractivity contribution >= 4 is 0 Å². The van der Waals surface area contributed by atoms with E-state index in [1.165, 1.54) is 18.2 Å². The van der Waals surface area contributed by atoms with Gasteiger partial charge in [0.15, 0.2) is 0 Å². The van der Waals surface area contributed by atoms with Crippen LogP contribution in [0.5, 0.6) is 11.5 Å². The second-order valence-corrected chi connectivity index (χ2v) is 4.49. The molecule has 0 amide bonds. The van der Waals surface area contributed by atoms with E-state index >= 15 is 0 Å². The highest BCUT2D eigenvalue weighted by Crippen LogP contribution is 2.39. The lowest BCUT2D eigenvalue weighted by atomic mass is 10.1.